The van der Waals surface area contributed by atoms with Crippen LogP contribution >= 0.6 is 11.6 Å². The van der Waals surface area contributed by atoms with Crippen molar-refractivity contribution >= 4 is 28.9 Å². The third-order valence-electron chi connectivity index (χ3n) is 4.07. The summed E-state index contributed by atoms with van der Waals surface area (Å²) >= 11 is 5.91. The molecule has 4 nitrogen and oxygen atoms in total. The van der Waals surface area contributed by atoms with Crippen LogP contribution in [-0.2, 0) is 11.2 Å². The van der Waals surface area contributed by atoms with E-state index in [0.29, 0.717) is 5.69 Å². The predicted octanol–water partition coefficient (Wildman–Crippen LogP) is 4.33. The number of carbonyl (C=O) groups excluding carboxylic acids is 1. The largest absolute Gasteiger partial charge is 0.433 e. The first kappa shape index (κ1) is 17.5. The molecule has 0 unspecified atom stereocenters. The molecular weight excluding hydrogens is 350 g/mol. The van der Waals surface area contributed by atoms with Gasteiger partial charge in [0.05, 0.1) is 11.6 Å². The molecule has 0 fully saturated rings. The lowest BCUT2D eigenvalue weighted by molar-refractivity contribution is -0.117. The Balaban J connectivity index is 1.66. The standard InChI is InChI=1S/C18H17ClF2N2O2/c1-11-8-12-4-2-3-5-15(12)23(11)17(24)10-22-13-6-7-16(14(19)9-13)25-18(20)21/h2-7,9,11,18,22H,8,10H2,1H3/t11-/m1/s1. The molecule has 7 heteroatoms. The van der Waals surface area contributed by atoms with Crippen molar-refractivity contribution in [2.45, 2.75) is 26.0 Å². The van der Waals surface area contributed by atoms with Crippen LogP contribution in [0.3, 0.4) is 0 Å². The Hall–Kier alpha value is -2.34. The molecule has 3 rings (SSSR count). The fraction of sp³-hybridized carbons (Fsp3) is 0.278. The molecule has 25 heavy (non-hydrogen) atoms. The molecule has 0 saturated heterocycles. The number of nitrogens with zero attached hydrogens (tertiary/aromatic N) is 1. The molecule has 0 saturated carbocycles. The van der Waals surface area contributed by atoms with Crippen LogP contribution in [-0.4, -0.2) is 25.1 Å². The number of benzene rings is 2. The van der Waals surface area contributed by atoms with Gasteiger partial charge in [0.15, 0.2) is 0 Å². The molecule has 0 spiro atoms. The summed E-state index contributed by atoms with van der Waals surface area (Å²) in [6, 6.07) is 12.3. The van der Waals surface area contributed by atoms with Crippen LogP contribution in [0.25, 0.3) is 0 Å². The van der Waals surface area contributed by atoms with Crippen LogP contribution in [0.4, 0.5) is 20.2 Å². The van der Waals surface area contributed by atoms with Crippen molar-refractivity contribution in [1.29, 1.82) is 0 Å². The van der Waals surface area contributed by atoms with Gasteiger partial charge in [0.25, 0.3) is 0 Å². The number of rotatable bonds is 5. The Morgan fingerprint density at radius 3 is 2.84 bits per heavy atom. The lowest BCUT2D eigenvalue weighted by Gasteiger charge is -2.23. The van der Waals surface area contributed by atoms with Crippen molar-refractivity contribution < 1.29 is 18.3 Å². The zero-order valence-electron chi connectivity index (χ0n) is 13.5. The second-order valence-corrected chi connectivity index (χ2v) is 6.23. The maximum absolute atomic E-state index is 12.6. The summed E-state index contributed by atoms with van der Waals surface area (Å²) in [5, 5.41) is 3.03. The summed E-state index contributed by atoms with van der Waals surface area (Å²) in [6.45, 7) is -0.857. The van der Waals surface area contributed by atoms with E-state index in [0.717, 1.165) is 17.7 Å². The molecule has 0 bridgehead atoms. The molecular formula is C18H17ClF2N2O2. The molecule has 1 atom stereocenters. The fourth-order valence-electron chi connectivity index (χ4n) is 3.01. The van der Waals surface area contributed by atoms with Crippen molar-refractivity contribution in [2.24, 2.45) is 0 Å². The summed E-state index contributed by atoms with van der Waals surface area (Å²) in [7, 11) is 0. The third-order valence-corrected chi connectivity index (χ3v) is 4.36. The van der Waals surface area contributed by atoms with Crippen LogP contribution in [0.1, 0.15) is 12.5 Å². The number of anilines is 2. The van der Waals surface area contributed by atoms with Gasteiger partial charge >= 0.3 is 6.61 Å². The van der Waals surface area contributed by atoms with Crippen molar-refractivity contribution in [1.82, 2.24) is 0 Å². The van der Waals surface area contributed by atoms with Crippen LogP contribution in [0.15, 0.2) is 42.5 Å². The molecule has 0 radical (unpaired) electrons. The minimum absolute atomic E-state index is 0.0534. The second kappa shape index (κ2) is 7.27. The monoisotopic (exact) mass is 366 g/mol. The highest BCUT2D eigenvalue weighted by Gasteiger charge is 2.30. The van der Waals surface area contributed by atoms with Gasteiger partial charge in [-0.2, -0.15) is 8.78 Å². The van der Waals surface area contributed by atoms with Gasteiger partial charge in [0.2, 0.25) is 5.91 Å². The number of hydrogen-bond donors (Lipinski definition) is 1. The van der Waals surface area contributed by atoms with E-state index < -0.39 is 6.61 Å². The Bertz CT molecular complexity index is 785. The summed E-state index contributed by atoms with van der Waals surface area (Å²) in [6.07, 6.45) is 0.827. The predicted molar refractivity (Wildman–Crippen MR) is 93.7 cm³/mol. The van der Waals surface area contributed by atoms with E-state index in [4.69, 9.17) is 11.6 Å². The van der Waals surface area contributed by atoms with Crippen LogP contribution < -0.4 is 15.0 Å². The molecule has 1 heterocycles. The molecule has 1 N–H and O–H groups in total. The van der Waals surface area contributed by atoms with Crippen LogP contribution in [0.5, 0.6) is 5.75 Å². The molecule has 2 aromatic rings. The van der Waals surface area contributed by atoms with Gasteiger partial charge in [-0.1, -0.05) is 29.8 Å². The Morgan fingerprint density at radius 2 is 2.12 bits per heavy atom. The molecule has 1 amide bonds. The molecule has 1 aliphatic rings. The molecule has 132 valence electrons. The average molecular weight is 367 g/mol. The first-order chi connectivity index (χ1) is 12.0. The summed E-state index contributed by atoms with van der Waals surface area (Å²) in [5.41, 5.74) is 2.64. The van der Waals surface area contributed by atoms with Gasteiger partial charge in [-0.3, -0.25) is 4.79 Å². The number of para-hydroxylation sites is 1. The maximum Gasteiger partial charge on any atom is 0.387 e. The van der Waals surface area contributed by atoms with E-state index in [9.17, 15) is 13.6 Å². The smallest absolute Gasteiger partial charge is 0.387 e. The highest BCUT2D eigenvalue weighted by atomic mass is 35.5. The minimum atomic E-state index is -2.94. The number of fused-ring (bicyclic) bond motifs is 1. The van der Waals surface area contributed by atoms with Crippen LogP contribution in [0, 0.1) is 0 Å². The first-order valence-corrected chi connectivity index (χ1v) is 8.21. The van der Waals surface area contributed by atoms with E-state index in [-0.39, 0.29) is 29.3 Å². The van der Waals surface area contributed by atoms with Crippen molar-refractivity contribution in [2.75, 3.05) is 16.8 Å². The third kappa shape index (κ3) is 3.85. The summed E-state index contributed by atoms with van der Waals surface area (Å²) in [5.74, 6) is -0.169. The number of nitrogens with one attached hydrogen (secondary N) is 1. The fourth-order valence-corrected chi connectivity index (χ4v) is 3.24. The SMILES string of the molecule is C[C@@H]1Cc2ccccc2N1C(=O)CNc1ccc(OC(F)F)c(Cl)c1. The van der Waals surface area contributed by atoms with Gasteiger partial charge in [-0.25, -0.2) is 0 Å². The molecule has 0 aliphatic carbocycles. The van der Waals surface area contributed by atoms with E-state index in [1.54, 1.807) is 4.90 Å². The number of ether oxygens (including phenoxy) is 1. The maximum atomic E-state index is 12.6. The number of halogens is 3. The summed E-state index contributed by atoms with van der Waals surface area (Å²) in [4.78, 5) is 14.4. The number of carbonyl (C=O) groups is 1. The van der Waals surface area contributed by atoms with E-state index in [2.05, 4.69) is 10.1 Å². The lowest BCUT2D eigenvalue weighted by Crippen LogP contribution is -2.39. The average Bonchev–Trinajstić information content (AvgIpc) is 2.90. The Labute approximate surface area is 149 Å². The van der Waals surface area contributed by atoms with Crippen molar-refractivity contribution in [3.63, 3.8) is 0 Å². The van der Waals surface area contributed by atoms with Gasteiger partial charge < -0.3 is 15.0 Å². The quantitative estimate of drug-likeness (QED) is 0.856. The normalized spacial score (nSPS) is 16.0. The Morgan fingerprint density at radius 1 is 1.36 bits per heavy atom. The van der Waals surface area contributed by atoms with E-state index in [1.165, 1.54) is 18.2 Å². The first-order valence-electron chi connectivity index (χ1n) is 7.84. The highest BCUT2D eigenvalue weighted by molar-refractivity contribution is 6.32. The molecule has 1 aliphatic heterocycles. The van der Waals surface area contributed by atoms with Gasteiger partial charge in [-0.15, -0.1) is 0 Å². The zero-order chi connectivity index (χ0) is 18.0. The van der Waals surface area contributed by atoms with Gasteiger partial charge in [0, 0.05) is 17.4 Å². The van der Waals surface area contributed by atoms with Crippen molar-refractivity contribution in [3.05, 3.63) is 53.1 Å². The summed E-state index contributed by atoms with van der Waals surface area (Å²) < 4.78 is 28.8. The van der Waals surface area contributed by atoms with Gasteiger partial charge in [-0.05, 0) is 43.2 Å². The number of amides is 1. The minimum Gasteiger partial charge on any atom is -0.433 e. The highest BCUT2D eigenvalue weighted by Crippen LogP contribution is 2.32. The van der Waals surface area contributed by atoms with Gasteiger partial charge in [0.1, 0.15) is 5.75 Å². The lowest BCUT2D eigenvalue weighted by atomic mass is 10.1. The molecule has 0 aromatic heterocycles. The zero-order valence-corrected chi connectivity index (χ0v) is 14.3. The van der Waals surface area contributed by atoms with Crippen molar-refractivity contribution in [3.8, 4) is 5.75 Å². The van der Waals surface area contributed by atoms with E-state index >= 15 is 0 Å². The topological polar surface area (TPSA) is 41.6 Å². The molecule has 2 aromatic carbocycles. The second-order valence-electron chi connectivity index (χ2n) is 5.82. The van der Waals surface area contributed by atoms with E-state index in [1.807, 2.05) is 31.2 Å². The number of hydrogen-bond acceptors (Lipinski definition) is 3. The number of alkyl halides is 2. The van der Waals surface area contributed by atoms with Crippen LogP contribution in [0.2, 0.25) is 5.02 Å². The Kier molecular flexibility index (Phi) is 5.08.